The third kappa shape index (κ3) is 1.30. The number of hydrogen-bond donors (Lipinski definition) is 2. The Morgan fingerprint density at radius 2 is 1.29 bits per heavy atom. The number of nitrogens with zero attached hydrogens (tertiary/aromatic N) is 10. The predicted molar refractivity (Wildman–Crippen MR) is 34.2 cm³/mol. The minimum atomic E-state index is -0.270. The molecule has 72 valence electrons. The summed E-state index contributed by atoms with van der Waals surface area (Å²) < 4.78 is 0. The lowest BCUT2D eigenvalue weighted by molar-refractivity contribution is 0.144. The van der Waals surface area contributed by atoms with Crippen LogP contribution in [0.15, 0.2) is 10.2 Å². The Hall–Kier alpha value is -2.66. The predicted octanol–water partition coefficient (Wildman–Crippen LogP) is -1.45. The largest absolute Gasteiger partial charge is 0.407 e. The van der Waals surface area contributed by atoms with E-state index in [0.29, 0.717) is 9.69 Å². The lowest BCUT2D eigenvalue weighted by atomic mass is 11.1. The van der Waals surface area contributed by atoms with Gasteiger partial charge in [-0.2, -0.15) is 0 Å². The van der Waals surface area contributed by atoms with Gasteiger partial charge >= 0.3 is 11.9 Å². The number of tetrazole rings is 2. The van der Waals surface area contributed by atoms with Gasteiger partial charge in [-0.05, 0) is 30.5 Å². The summed E-state index contributed by atoms with van der Waals surface area (Å²) in [6.07, 6.45) is 0. The van der Waals surface area contributed by atoms with Crippen molar-refractivity contribution >= 4 is 11.9 Å². The highest BCUT2D eigenvalue weighted by Crippen LogP contribution is 2.08. The van der Waals surface area contributed by atoms with Crippen molar-refractivity contribution in [3.8, 4) is 0 Å². The topological polar surface area (TPSA) is 152 Å². The Kier molecular flexibility index (Phi) is 1.71. The van der Waals surface area contributed by atoms with Crippen LogP contribution < -0.4 is 0 Å². The molecule has 2 rings (SSSR count). The minimum absolute atomic E-state index is 0.270. The molecule has 12 heteroatoms. The van der Waals surface area contributed by atoms with E-state index >= 15 is 0 Å². The second-order valence-electron chi connectivity index (χ2n) is 1.94. The molecule has 2 heterocycles. The van der Waals surface area contributed by atoms with Crippen LogP contribution in [0.4, 0.5) is 11.9 Å². The van der Waals surface area contributed by atoms with Gasteiger partial charge in [-0.1, -0.05) is 10.2 Å². The van der Waals surface area contributed by atoms with E-state index in [0.717, 1.165) is 0 Å². The molecule has 2 aromatic heterocycles. The highest BCUT2D eigenvalue weighted by atomic mass is 16.5. The fraction of sp³-hybridized carbons (Fsp3) is 0. The molecular formula is C2H2N10O2. The van der Waals surface area contributed by atoms with Crippen LogP contribution in [0.3, 0.4) is 0 Å². The average Bonchev–Trinajstić information content (AvgIpc) is 2.72. The number of aromatic nitrogens is 8. The Labute approximate surface area is 74.4 Å². The molecule has 0 amide bonds. The Morgan fingerprint density at radius 3 is 1.57 bits per heavy atom. The normalized spacial score (nSPS) is 11.1. The van der Waals surface area contributed by atoms with E-state index in [9.17, 15) is 0 Å². The van der Waals surface area contributed by atoms with Crippen LogP contribution in [0.5, 0.6) is 0 Å². The minimum Gasteiger partial charge on any atom is -0.407 e. The first-order chi connectivity index (χ1) is 6.77. The summed E-state index contributed by atoms with van der Waals surface area (Å²) in [6.45, 7) is 0. The number of rotatable bonds is 2. The Morgan fingerprint density at radius 1 is 0.857 bits per heavy atom. The SMILES string of the molecule is On1nnnc1N=Nc1nnnn1O. The van der Waals surface area contributed by atoms with Gasteiger partial charge in [0.1, 0.15) is 0 Å². The van der Waals surface area contributed by atoms with Crippen LogP contribution in [0.25, 0.3) is 0 Å². The summed E-state index contributed by atoms with van der Waals surface area (Å²) in [5.74, 6) is -0.541. The smallest absolute Gasteiger partial charge is 0.325 e. The van der Waals surface area contributed by atoms with Crippen LogP contribution in [0.1, 0.15) is 0 Å². The quantitative estimate of drug-likeness (QED) is 0.438. The molecule has 0 spiro atoms. The maximum atomic E-state index is 8.85. The van der Waals surface area contributed by atoms with Crippen molar-refractivity contribution in [1.29, 1.82) is 0 Å². The van der Waals surface area contributed by atoms with Gasteiger partial charge in [0.2, 0.25) is 0 Å². The molecule has 2 aromatic rings. The highest BCUT2D eigenvalue weighted by molar-refractivity contribution is 5.12. The maximum absolute atomic E-state index is 8.85. The van der Waals surface area contributed by atoms with Crippen molar-refractivity contribution in [2.24, 2.45) is 10.2 Å². The van der Waals surface area contributed by atoms with Gasteiger partial charge in [-0.15, -0.1) is 10.2 Å². The van der Waals surface area contributed by atoms with E-state index in [1.54, 1.807) is 0 Å². The molecule has 0 atom stereocenters. The van der Waals surface area contributed by atoms with E-state index in [-0.39, 0.29) is 11.9 Å². The molecule has 2 N–H and O–H groups in total. The van der Waals surface area contributed by atoms with Gasteiger partial charge in [0.05, 0.1) is 0 Å². The number of hydrogen-bond acceptors (Lipinski definition) is 10. The second-order valence-corrected chi connectivity index (χ2v) is 1.94. The first kappa shape index (κ1) is 7.96. The lowest BCUT2D eigenvalue weighted by Gasteiger charge is -1.86. The molecule has 0 saturated carbocycles. The molecule has 0 radical (unpaired) electrons. The van der Waals surface area contributed by atoms with Crippen molar-refractivity contribution < 1.29 is 10.4 Å². The summed E-state index contributed by atoms with van der Waals surface area (Å²) in [6, 6.07) is 0. The van der Waals surface area contributed by atoms with E-state index in [4.69, 9.17) is 10.4 Å². The fourth-order valence-corrected chi connectivity index (χ4v) is 0.565. The third-order valence-electron chi connectivity index (χ3n) is 1.10. The summed E-state index contributed by atoms with van der Waals surface area (Å²) in [7, 11) is 0. The molecule has 12 nitrogen and oxygen atoms in total. The maximum Gasteiger partial charge on any atom is 0.325 e. The summed E-state index contributed by atoms with van der Waals surface area (Å²) >= 11 is 0. The molecule has 0 aliphatic heterocycles. The zero-order valence-corrected chi connectivity index (χ0v) is 6.37. The fourth-order valence-electron chi connectivity index (χ4n) is 0.565. The van der Waals surface area contributed by atoms with E-state index in [1.165, 1.54) is 0 Å². The van der Waals surface area contributed by atoms with Gasteiger partial charge in [-0.25, -0.2) is 0 Å². The van der Waals surface area contributed by atoms with Gasteiger partial charge in [-0.3, -0.25) is 0 Å². The summed E-state index contributed by atoms with van der Waals surface area (Å²) in [5.41, 5.74) is 0. The van der Waals surface area contributed by atoms with E-state index in [1.807, 2.05) is 0 Å². The van der Waals surface area contributed by atoms with E-state index < -0.39 is 0 Å². The van der Waals surface area contributed by atoms with E-state index in [2.05, 4.69) is 41.3 Å². The number of azo groups is 1. The van der Waals surface area contributed by atoms with Crippen molar-refractivity contribution in [1.82, 2.24) is 40.7 Å². The highest BCUT2D eigenvalue weighted by Gasteiger charge is 2.04. The zero-order chi connectivity index (χ0) is 9.97. The zero-order valence-electron chi connectivity index (χ0n) is 6.37. The molecule has 14 heavy (non-hydrogen) atoms. The first-order valence-electron chi connectivity index (χ1n) is 3.14. The first-order valence-corrected chi connectivity index (χ1v) is 3.14. The molecule has 0 aliphatic rings. The second kappa shape index (κ2) is 3.00. The van der Waals surface area contributed by atoms with Crippen molar-refractivity contribution in [3.63, 3.8) is 0 Å². The van der Waals surface area contributed by atoms with Gasteiger partial charge in [0.15, 0.2) is 0 Å². The monoisotopic (exact) mass is 198 g/mol. The third-order valence-corrected chi connectivity index (χ3v) is 1.10. The summed E-state index contributed by atoms with van der Waals surface area (Å²) in [4.78, 5) is 0.601. The molecule has 0 aliphatic carbocycles. The molecular weight excluding hydrogens is 196 g/mol. The van der Waals surface area contributed by atoms with Gasteiger partial charge in [0.25, 0.3) is 0 Å². The van der Waals surface area contributed by atoms with Gasteiger partial charge < -0.3 is 10.4 Å². The molecule has 0 aromatic carbocycles. The van der Waals surface area contributed by atoms with Crippen LogP contribution in [-0.4, -0.2) is 51.2 Å². The van der Waals surface area contributed by atoms with Crippen LogP contribution >= 0.6 is 0 Å². The molecule has 0 saturated heterocycles. The lowest BCUT2D eigenvalue weighted by Crippen LogP contribution is -1.92. The van der Waals surface area contributed by atoms with Gasteiger partial charge in [0, 0.05) is 0 Å². The average molecular weight is 198 g/mol. The summed E-state index contributed by atoms with van der Waals surface area (Å²) in [5, 5.41) is 43.3. The standard InChI is InChI=1S/C2H2N10O2/c13-11-1(5-7-9-11)3-4-2-6-8-10-12(2)14/h13-14H. The van der Waals surface area contributed by atoms with Crippen molar-refractivity contribution in [3.05, 3.63) is 0 Å². The Balaban J connectivity index is 2.23. The van der Waals surface area contributed by atoms with Crippen LogP contribution in [0.2, 0.25) is 0 Å². The molecule has 0 bridgehead atoms. The Bertz CT molecular complexity index is 412. The van der Waals surface area contributed by atoms with Crippen LogP contribution in [-0.2, 0) is 0 Å². The molecule has 0 fully saturated rings. The van der Waals surface area contributed by atoms with Crippen molar-refractivity contribution in [2.45, 2.75) is 0 Å². The van der Waals surface area contributed by atoms with Crippen LogP contribution in [0, 0.1) is 0 Å². The molecule has 0 unspecified atom stereocenters. The van der Waals surface area contributed by atoms with Crippen molar-refractivity contribution in [2.75, 3.05) is 0 Å².